The van der Waals surface area contributed by atoms with Crippen molar-refractivity contribution in [2.75, 3.05) is 13.2 Å². The van der Waals surface area contributed by atoms with E-state index in [0.29, 0.717) is 35.7 Å². The molecule has 0 radical (unpaired) electrons. The first kappa shape index (κ1) is 15.0. The topological polar surface area (TPSA) is 38.7 Å². The minimum atomic E-state index is -0.512. The van der Waals surface area contributed by atoms with Crippen LogP contribution in [0.25, 0.3) is 0 Å². The first-order valence-electron chi connectivity index (χ1n) is 7.92. The molecule has 0 bridgehead atoms. The molecule has 1 heterocycles. The quantitative estimate of drug-likeness (QED) is 0.882. The molecule has 1 aromatic carbocycles. The third-order valence-corrected chi connectivity index (χ3v) is 5.02. The summed E-state index contributed by atoms with van der Waals surface area (Å²) in [5.74, 6) is 2.46. The maximum atomic E-state index is 10.7. The van der Waals surface area contributed by atoms with E-state index < -0.39 is 6.10 Å². The Morgan fingerprint density at radius 3 is 2.38 bits per heavy atom. The van der Waals surface area contributed by atoms with Crippen molar-refractivity contribution in [2.45, 2.75) is 45.1 Å². The van der Waals surface area contributed by atoms with Gasteiger partial charge in [0, 0.05) is 18.1 Å². The number of aliphatic hydroxyl groups excluding tert-OH is 1. The third-order valence-electron chi connectivity index (χ3n) is 4.69. The highest BCUT2D eigenvalue weighted by Gasteiger charge is 2.28. The molecule has 1 aliphatic heterocycles. The second kappa shape index (κ2) is 6.45. The summed E-state index contributed by atoms with van der Waals surface area (Å²) < 4.78 is 11.3. The molecule has 3 rings (SSSR count). The molecule has 1 unspecified atom stereocenters. The van der Waals surface area contributed by atoms with E-state index in [2.05, 4.69) is 6.92 Å². The average Bonchev–Trinajstić information content (AvgIpc) is 2.71. The highest BCUT2D eigenvalue weighted by atomic mass is 35.5. The summed E-state index contributed by atoms with van der Waals surface area (Å²) in [5.41, 5.74) is 0.778. The Morgan fingerprint density at radius 1 is 1.10 bits per heavy atom. The Kier molecular flexibility index (Phi) is 4.60. The lowest BCUT2D eigenvalue weighted by atomic mass is 9.78. The lowest BCUT2D eigenvalue weighted by molar-refractivity contribution is 0.0754. The molecule has 0 spiro atoms. The lowest BCUT2D eigenvalue weighted by Gasteiger charge is -2.30. The smallest absolute Gasteiger partial charge is 0.162 e. The summed E-state index contributed by atoms with van der Waals surface area (Å²) in [7, 11) is 0. The zero-order chi connectivity index (χ0) is 14.8. The molecule has 3 nitrogen and oxygen atoms in total. The third kappa shape index (κ3) is 3.29. The van der Waals surface area contributed by atoms with Crippen LogP contribution in [0.3, 0.4) is 0 Å². The number of halogens is 1. The van der Waals surface area contributed by atoms with Crippen LogP contribution in [0.2, 0.25) is 5.02 Å². The molecule has 1 aromatic rings. The van der Waals surface area contributed by atoms with E-state index in [1.165, 1.54) is 12.8 Å². The van der Waals surface area contributed by atoms with E-state index >= 15 is 0 Å². The standard InChI is InChI=1S/C17H23ClO3/c1-11-3-5-12(6-4-11)17(19)13-9-15-16(10-14(13)18)21-8-2-7-20-15/h9-12,17,19H,2-8H2,1H3. The second-order valence-corrected chi connectivity index (χ2v) is 6.74. The second-order valence-electron chi connectivity index (χ2n) is 6.34. The van der Waals surface area contributed by atoms with Crippen LogP contribution in [-0.2, 0) is 0 Å². The fourth-order valence-electron chi connectivity index (χ4n) is 3.28. The fraction of sp³-hybridized carbons (Fsp3) is 0.647. The molecular formula is C17H23ClO3. The van der Waals surface area contributed by atoms with Gasteiger partial charge in [0.05, 0.1) is 24.3 Å². The molecule has 1 atom stereocenters. The van der Waals surface area contributed by atoms with Gasteiger partial charge in [-0.3, -0.25) is 0 Å². The predicted octanol–water partition coefficient (Wildman–Crippen LogP) is 4.36. The Labute approximate surface area is 131 Å². The van der Waals surface area contributed by atoms with Gasteiger partial charge in [-0.25, -0.2) is 0 Å². The SMILES string of the molecule is CC1CCC(C(O)c2cc3c(cc2Cl)OCCCO3)CC1. The summed E-state index contributed by atoms with van der Waals surface area (Å²) in [5, 5.41) is 11.3. The van der Waals surface area contributed by atoms with Gasteiger partial charge in [-0.1, -0.05) is 31.4 Å². The zero-order valence-electron chi connectivity index (χ0n) is 12.5. The summed E-state index contributed by atoms with van der Waals surface area (Å²) in [6, 6.07) is 3.65. The Hall–Kier alpha value is -0.930. The molecule has 1 saturated carbocycles. The van der Waals surface area contributed by atoms with Crippen LogP contribution < -0.4 is 9.47 Å². The molecule has 0 aromatic heterocycles. The molecular weight excluding hydrogens is 288 g/mol. The largest absolute Gasteiger partial charge is 0.490 e. The molecule has 1 fully saturated rings. The molecule has 4 heteroatoms. The number of benzene rings is 1. The molecule has 1 N–H and O–H groups in total. The van der Waals surface area contributed by atoms with Gasteiger partial charge in [0.1, 0.15) is 0 Å². The zero-order valence-corrected chi connectivity index (χ0v) is 13.2. The van der Waals surface area contributed by atoms with Gasteiger partial charge < -0.3 is 14.6 Å². The predicted molar refractivity (Wildman–Crippen MR) is 83.1 cm³/mol. The highest BCUT2D eigenvalue weighted by Crippen LogP contribution is 2.42. The molecule has 0 amide bonds. The number of rotatable bonds is 2. The fourth-order valence-corrected chi connectivity index (χ4v) is 3.55. The van der Waals surface area contributed by atoms with Crippen molar-refractivity contribution in [3.05, 3.63) is 22.7 Å². The summed E-state index contributed by atoms with van der Waals surface area (Å²) in [6.07, 6.45) is 4.85. The molecule has 1 aliphatic carbocycles. The molecule has 21 heavy (non-hydrogen) atoms. The van der Waals surface area contributed by atoms with E-state index in [-0.39, 0.29) is 0 Å². The van der Waals surface area contributed by atoms with Gasteiger partial charge in [-0.2, -0.15) is 0 Å². The lowest BCUT2D eigenvalue weighted by Crippen LogP contribution is -2.19. The number of fused-ring (bicyclic) bond motifs is 1. The number of ether oxygens (including phenoxy) is 2. The molecule has 2 aliphatic rings. The Bertz CT molecular complexity index is 495. The van der Waals surface area contributed by atoms with Gasteiger partial charge >= 0.3 is 0 Å². The van der Waals surface area contributed by atoms with Gasteiger partial charge in [0.25, 0.3) is 0 Å². The molecule has 0 saturated heterocycles. The minimum Gasteiger partial charge on any atom is -0.490 e. The summed E-state index contributed by atoms with van der Waals surface area (Å²) in [6.45, 7) is 3.57. The summed E-state index contributed by atoms with van der Waals surface area (Å²) in [4.78, 5) is 0. The van der Waals surface area contributed by atoms with Crippen LogP contribution in [0.5, 0.6) is 11.5 Å². The highest BCUT2D eigenvalue weighted by molar-refractivity contribution is 6.31. The van der Waals surface area contributed by atoms with Gasteiger partial charge in [0.15, 0.2) is 11.5 Å². The minimum absolute atomic E-state index is 0.295. The monoisotopic (exact) mass is 310 g/mol. The van der Waals surface area contributed by atoms with Crippen LogP contribution in [0.4, 0.5) is 0 Å². The maximum absolute atomic E-state index is 10.7. The van der Waals surface area contributed by atoms with Crippen molar-refractivity contribution in [1.29, 1.82) is 0 Å². The summed E-state index contributed by atoms with van der Waals surface area (Å²) >= 11 is 6.36. The number of aliphatic hydroxyl groups is 1. The van der Waals surface area contributed by atoms with E-state index in [9.17, 15) is 5.11 Å². The van der Waals surface area contributed by atoms with Gasteiger partial charge in [-0.15, -0.1) is 0 Å². The van der Waals surface area contributed by atoms with Crippen LogP contribution in [0, 0.1) is 11.8 Å². The average molecular weight is 311 g/mol. The first-order valence-corrected chi connectivity index (χ1v) is 8.30. The van der Waals surface area contributed by atoms with Crippen molar-refractivity contribution in [2.24, 2.45) is 11.8 Å². The molecule has 116 valence electrons. The van der Waals surface area contributed by atoms with E-state index in [0.717, 1.165) is 30.7 Å². The van der Waals surface area contributed by atoms with Crippen molar-refractivity contribution in [1.82, 2.24) is 0 Å². The van der Waals surface area contributed by atoms with E-state index in [1.807, 2.05) is 6.07 Å². The van der Waals surface area contributed by atoms with E-state index in [4.69, 9.17) is 21.1 Å². The Morgan fingerprint density at radius 2 is 1.71 bits per heavy atom. The van der Waals surface area contributed by atoms with E-state index in [1.54, 1.807) is 6.07 Å². The van der Waals surface area contributed by atoms with Crippen LogP contribution in [0.15, 0.2) is 12.1 Å². The van der Waals surface area contributed by atoms with Crippen LogP contribution >= 0.6 is 11.6 Å². The van der Waals surface area contributed by atoms with Crippen molar-refractivity contribution in [3.63, 3.8) is 0 Å². The van der Waals surface area contributed by atoms with Crippen molar-refractivity contribution < 1.29 is 14.6 Å². The Balaban J connectivity index is 1.82. The normalized spacial score (nSPS) is 27.0. The van der Waals surface area contributed by atoms with Crippen LogP contribution in [-0.4, -0.2) is 18.3 Å². The number of hydrogen-bond acceptors (Lipinski definition) is 3. The maximum Gasteiger partial charge on any atom is 0.162 e. The van der Waals surface area contributed by atoms with Crippen LogP contribution in [0.1, 0.15) is 50.7 Å². The van der Waals surface area contributed by atoms with Crippen molar-refractivity contribution >= 4 is 11.6 Å². The van der Waals surface area contributed by atoms with Gasteiger partial charge in [-0.05, 0) is 30.7 Å². The first-order chi connectivity index (χ1) is 10.1. The van der Waals surface area contributed by atoms with Gasteiger partial charge in [0.2, 0.25) is 0 Å². The number of hydrogen-bond donors (Lipinski definition) is 1. The van der Waals surface area contributed by atoms with Crippen molar-refractivity contribution in [3.8, 4) is 11.5 Å².